The van der Waals surface area contributed by atoms with Gasteiger partial charge in [-0.25, -0.2) is 9.38 Å². The lowest BCUT2D eigenvalue weighted by molar-refractivity contribution is 0.113. The van der Waals surface area contributed by atoms with Crippen LogP contribution in [0, 0.1) is 12.7 Å². The highest BCUT2D eigenvalue weighted by atomic mass is 127. The quantitative estimate of drug-likeness (QED) is 0.320. The molecule has 0 radical (unpaired) electrons. The summed E-state index contributed by atoms with van der Waals surface area (Å²) in [6.45, 7) is 4.69. The van der Waals surface area contributed by atoms with E-state index in [0.29, 0.717) is 26.2 Å². The summed E-state index contributed by atoms with van der Waals surface area (Å²) in [5.74, 6) is 2.24. The van der Waals surface area contributed by atoms with Gasteiger partial charge < -0.3 is 24.3 Å². The van der Waals surface area contributed by atoms with Crippen molar-refractivity contribution in [1.82, 2.24) is 25.0 Å². The molecule has 3 rings (SSSR count). The largest absolute Gasteiger partial charge is 0.489 e. The number of hydrogen-bond acceptors (Lipinski definition) is 5. The number of nitrogens with zero attached hydrogens (tertiary/aromatic N) is 5. The molecule has 1 aliphatic rings. The first-order valence-corrected chi connectivity index (χ1v) is 9.88. The van der Waals surface area contributed by atoms with Crippen LogP contribution in [-0.2, 0) is 18.3 Å². The van der Waals surface area contributed by atoms with Crippen LogP contribution >= 0.6 is 24.0 Å². The number of benzene rings is 1. The molecule has 0 aliphatic carbocycles. The van der Waals surface area contributed by atoms with E-state index in [1.54, 1.807) is 18.2 Å². The third-order valence-corrected chi connectivity index (χ3v) is 4.95. The third kappa shape index (κ3) is 6.79. The highest BCUT2D eigenvalue weighted by molar-refractivity contribution is 14.0. The average Bonchev–Trinajstić information content (AvgIpc) is 3.34. The lowest BCUT2D eigenvalue weighted by Crippen LogP contribution is -2.43. The second-order valence-corrected chi connectivity index (χ2v) is 7.08. The Morgan fingerprint density at radius 3 is 2.87 bits per heavy atom. The zero-order valence-electron chi connectivity index (χ0n) is 17.7. The summed E-state index contributed by atoms with van der Waals surface area (Å²) in [5, 5.41) is 11.6. The van der Waals surface area contributed by atoms with Gasteiger partial charge in [-0.15, -0.1) is 34.2 Å². The minimum atomic E-state index is -0.363. The molecule has 0 amide bonds. The first kappa shape index (κ1) is 24.3. The van der Waals surface area contributed by atoms with Gasteiger partial charge in [0.05, 0.1) is 12.6 Å². The van der Waals surface area contributed by atoms with Crippen molar-refractivity contribution in [3.63, 3.8) is 0 Å². The van der Waals surface area contributed by atoms with Gasteiger partial charge in [0.1, 0.15) is 19.0 Å². The normalized spacial score (nSPS) is 16.3. The second-order valence-electron chi connectivity index (χ2n) is 7.08. The zero-order valence-corrected chi connectivity index (χ0v) is 20.0. The molecule has 8 nitrogen and oxygen atoms in total. The minimum Gasteiger partial charge on any atom is -0.489 e. The summed E-state index contributed by atoms with van der Waals surface area (Å²) in [5.41, 5.74) is 0. The van der Waals surface area contributed by atoms with Crippen molar-refractivity contribution in [1.29, 1.82) is 0 Å². The standard InChI is InChI=1S/C20H29FN6O2.HI/c1-15-24-25-19(27(15)3)14-23-20(22-13-16-7-6-11-28-16)26(2)10-12-29-18-9-5-4-8-17(18)21;/h4-5,8-9,16H,6-7,10-14H2,1-3H3,(H,22,23);1H. The molecule has 0 bridgehead atoms. The first-order valence-electron chi connectivity index (χ1n) is 9.88. The van der Waals surface area contributed by atoms with Gasteiger partial charge in [-0.05, 0) is 31.9 Å². The summed E-state index contributed by atoms with van der Waals surface area (Å²) in [7, 11) is 3.85. The number of ether oxygens (including phenoxy) is 2. The predicted molar refractivity (Wildman–Crippen MR) is 124 cm³/mol. The third-order valence-electron chi connectivity index (χ3n) is 4.95. The van der Waals surface area contributed by atoms with Crippen molar-refractivity contribution in [3.8, 4) is 5.75 Å². The van der Waals surface area contributed by atoms with Gasteiger partial charge in [0.2, 0.25) is 0 Å². The number of rotatable bonds is 8. The maximum atomic E-state index is 13.7. The van der Waals surface area contributed by atoms with Crippen LogP contribution in [0.2, 0.25) is 0 Å². The number of hydrogen-bond donors (Lipinski definition) is 1. The van der Waals surface area contributed by atoms with Crippen LogP contribution < -0.4 is 10.1 Å². The summed E-state index contributed by atoms with van der Waals surface area (Å²) >= 11 is 0. The summed E-state index contributed by atoms with van der Waals surface area (Å²) in [6.07, 6.45) is 2.33. The molecule has 0 saturated carbocycles. The molecule has 1 saturated heterocycles. The van der Waals surface area contributed by atoms with Crippen LogP contribution in [-0.4, -0.2) is 65.1 Å². The summed E-state index contributed by atoms with van der Waals surface area (Å²) < 4.78 is 26.9. The van der Waals surface area contributed by atoms with Crippen LogP contribution in [0.5, 0.6) is 5.75 Å². The molecule has 2 heterocycles. The molecule has 166 valence electrons. The molecule has 1 fully saturated rings. The number of nitrogens with one attached hydrogen (secondary N) is 1. The molecule has 1 aromatic carbocycles. The Kier molecular flexibility index (Phi) is 9.76. The SMILES string of the molecule is Cc1nnc(CN=C(NCC2CCCO2)N(C)CCOc2ccccc2F)n1C.I. The van der Waals surface area contributed by atoms with Crippen molar-refractivity contribution in [3.05, 3.63) is 41.7 Å². The molecule has 2 aromatic rings. The number of aryl methyl sites for hydroxylation is 1. The van der Waals surface area contributed by atoms with E-state index < -0.39 is 0 Å². The number of para-hydroxylation sites is 1. The fourth-order valence-corrected chi connectivity index (χ4v) is 3.02. The van der Waals surface area contributed by atoms with Crippen molar-refractivity contribution in [2.45, 2.75) is 32.4 Å². The maximum absolute atomic E-state index is 13.7. The molecule has 1 aliphatic heterocycles. The average molecular weight is 532 g/mol. The number of halogens is 2. The molecule has 1 atom stereocenters. The van der Waals surface area contributed by atoms with Gasteiger partial charge in [0.15, 0.2) is 23.4 Å². The van der Waals surface area contributed by atoms with Gasteiger partial charge in [-0.1, -0.05) is 12.1 Å². The Balaban J connectivity index is 0.00000320. The highest BCUT2D eigenvalue weighted by Gasteiger charge is 2.17. The molecule has 0 spiro atoms. The molecule has 30 heavy (non-hydrogen) atoms. The number of likely N-dealkylation sites (N-methyl/N-ethyl adjacent to an activating group) is 1. The van der Waals surface area contributed by atoms with Crippen LogP contribution in [0.1, 0.15) is 24.5 Å². The zero-order chi connectivity index (χ0) is 20.6. The van der Waals surface area contributed by atoms with Gasteiger partial charge in [-0.2, -0.15) is 0 Å². The van der Waals surface area contributed by atoms with Crippen LogP contribution in [0.15, 0.2) is 29.3 Å². The van der Waals surface area contributed by atoms with Crippen LogP contribution in [0.3, 0.4) is 0 Å². The Labute approximate surface area is 193 Å². The minimum absolute atomic E-state index is 0. The lowest BCUT2D eigenvalue weighted by atomic mass is 10.2. The molecular formula is C20H30FIN6O2. The van der Waals surface area contributed by atoms with E-state index in [2.05, 4.69) is 15.5 Å². The number of guanidine groups is 1. The van der Waals surface area contributed by atoms with Gasteiger partial charge in [0, 0.05) is 27.2 Å². The summed E-state index contributed by atoms with van der Waals surface area (Å²) in [4.78, 5) is 6.65. The molecule has 1 aromatic heterocycles. The first-order chi connectivity index (χ1) is 14.0. The Morgan fingerprint density at radius 1 is 1.40 bits per heavy atom. The van der Waals surface area contributed by atoms with Gasteiger partial charge in [-0.3, -0.25) is 0 Å². The topological polar surface area (TPSA) is 76.8 Å². The Bertz CT molecular complexity index is 825. The molecule has 1 N–H and O–H groups in total. The van der Waals surface area contributed by atoms with Crippen molar-refractivity contribution in [2.75, 3.05) is 33.4 Å². The summed E-state index contributed by atoms with van der Waals surface area (Å²) in [6, 6.07) is 6.40. The van der Waals surface area contributed by atoms with Crippen LogP contribution in [0.25, 0.3) is 0 Å². The monoisotopic (exact) mass is 532 g/mol. The van der Waals surface area contributed by atoms with E-state index in [1.807, 2.05) is 30.5 Å². The maximum Gasteiger partial charge on any atom is 0.194 e. The predicted octanol–water partition coefficient (Wildman–Crippen LogP) is 2.52. The Hall–Kier alpha value is -1.95. The van der Waals surface area contributed by atoms with E-state index in [0.717, 1.165) is 37.1 Å². The molecule has 10 heteroatoms. The lowest BCUT2D eigenvalue weighted by Gasteiger charge is -2.24. The van der Waals surface area contributed by atoms with E-state index in [1.165, 1.54) is 6.07 Å². The van der Waals surface area contributed by atoms with E-state index in [-0.39, 0.29) is 41.6 Å². The van der Waals surface area contributed by atoms with E-state index in [9.17, 15) is 4.39 Å². The van der Waals surface area contributed by atoms with Gasteiger partial charge >= 0.3 is 0 Å². The second kappa shape index (κ2) is 12.0. The van der Waals surface area contributed by atoms with Gasteiger partial charge in [0.25, 0.3) is 0 Å². The molecule has 1 unspecified atom stereocenters. The fraction of sp³-hybridized carbons (Fsp3) is 0.550. The van der Waals surface area contributed by atoms with Crippen LogP contribution in [0.4, 0.5) is 4.39 Å². The smallest absolute Gasteiger partial charge is 0.194 e. The number of aromatic nitrogens is 3. The Morgan fingerprint density at radius 2 is 2.20 bits per heavy atom. The van der Waals surface area contributed by atoms with E-state index >= 15 is 0 Å². The number of aliphatic imine (C=N–C) groups is 1. The van der Waals surface area contributed by atoms with E-state index in [4.69, 9.17) is 14.5 Å². The van der Waals surface area contributed by atoms with Crippen molar-refractivity contribution >= 4 is 29.9 Å². The fourth-order valence-electron chi connectivity index (χ4n) is 3.02. The van der Waals surface area contributed by atoms with Crippen molar-refractivity contribution < 1.29 is 13.9 Å². The highest BCUT2D eigenvalue weighted by Crippen LogP contribution is 2.15. The molecular weight excluding hydrogens is 502 g/mol. The van der Waals surface area contributed by atoms with Crippen molar-refractivity contribution in [2.24, 2.45) is 12.0 Å².